The minimum Gasteiger partial charge on any atom is -0.497 e. The van der Waals surface area contributed by atoms with E-state index in [0.29, 0.717) is 11.8 Å². The zero-order chi connectivity index (χ0) is 17.5. The van der Waals surface area contributed by atoms with E-state index < -0.39 is 5.92 Å². The first-order chi connectivity index (χ1) is 11.6. The Bertz CT molecular complexity index is 653. The minimum atomic E-state index is -0.508. The van der Waals surface area contributed by atoms with E-state index in [1.807, 2.05) is 31.2 Å². The van der Waals surface area contributed by atoms with Gasteiger partial charge in [0.2, 0.25) is 0 Å². The van der Waals surface area contributed by atoms with Crippen molar-refractivity contribution in [2.45, 2.75) is 19.9 Å². The van der Waals surface area contributed by atoms with Crippen LogP contribution in [0.3, 0.4) is 0 Å². The van der Waals surface area contributed by atoms with Crippen LogP contribution in [0, 0.1) is 5.92 Å². The van der Waals surface area contributed by atoms with Crippen molar-refractivity contribution in [1.82, 2.24) is 0 Å². The standard InChI is InChI=1S/C18H22N2O3S/c1-5-11-24-18-19-12(3)15(17(21)23-6-2)16(20-18)13-7-9-14(22-4)10-8-13/h5,7-10,15-16H,1,6,11H2,2-4H3. The van der Waals surface area contributed by atoms with Crippen LogP contribution in [-0.2, 0) is 9.53 Å². The number of carbonyl (C=O) groups excluding carboxylic acids is 1. The van der Waals surface area contributed by atoms with E-state index in [0.717, 1.165) is 22.8 Å². The normalized spacial score (nSPS) is 20.0. The molecule has 0 aromatic heterocycles. The number of methoxy groups -OCH3 is 1. The van der Waals surface area contributed by atoms with Gasteiger partial charge in [0.1, 0.15) is 11.7 Å². The zero-order valence-electron chi connectivity index (χ0n) is 14.2. The number of amidine groups is 1. The SMILES string of the molecule is C=CCSC1=NC(c2ccc(OC)cc2)C(C(=O)OCC)C(C)=N1. The van der Waals surface area contributed by atoms with Gasteiger partial charge in [-0.25, -0.2) is 4.99 Å². The Kier molecular flexibility index (Phi) is 6.61. The smallest absolute Gasteiger partial charge is 0.317 e. The molecule has 5 nitrogen and oxygen atoms in total. The summed E-state index contributed by atoms with van der Waals surface area (Å²) in [4.78, 5) is 21.6. The first kappa shape index (κ1) is 18.3. The van der Waals surface area contributed by atoms with Gasteiger partial charge in [-0.15, -0.1) is 6.58 Å². The molecular weight excluding hydrogens is 324 g/mol. The van der Waals surface area contributed by atoms with Crippen LogP contribution >= 0.6 is 11.8 Å². The highest BCUT2D eigenvalue weighted by molar-refractivity contribution is 8.14. The van der Waals surface area contributed by atoms with Gasteiger partial charge in [-0.2, -0.15) is 0 Å². The van der Waals surface area contributed by atoms with Crippen molar-refractivity contribution in [2.75, 3.05) is 19.5 Å². The maximum Gasteiger partial charge on any atom is 0.317 e. The van der Waals surface area contributed by atoms with E-state index in [-0.39, 0.29) is 12.0 Å². The second-order valence-corrected chi connectivity index (χ2v) is 6.20. The third kappa shape index (κ3) is 4.26. The molecule has 0 amide bonds. The third-order valence-electron chi connectivity index (χ3n) is 3.62. The lowest BCUT2D eigenvalue weighted by molar-refractivity contribution is -0.146. The molecule has 1 aliphatic heterocycles. The van der Waals surface area contributed by atoms with Gasteiger partial charge < -0.3 is 9.47 Å². The molecule has 2 atom stereocenters. The molecule has 24 heavy (non-hydrogen) atoms. The Balaban J connectivity index is 2.37. The lowest BCUT2D eigenvalue weighted by Crippen LogP contribution is -2.33. The number of esters is 1. The molecule has 1 aromatic rings. The molecule has 0 radical (unpaired) electrons. The number of benzene rings is 1. The number of aliphatic imine (C=N–C) groups is 2. The highest BCUT2D eigenvalue weighted by Crippen LogP contribution is 2.34. The van der Waals surface area contributed by atoms with Gasteiger partial charge in [-0.3, -0.25) is 9.79 Å². The Hall–Kier alpha value is -2.08. The highest BCUT2D eigenvalue weighted by atomic mass is 32.2. The van der Waals surface area contributed by atoms with E-state index in [9.17, 15) is 4.79 Å². The molecular formula is C18H22N2O3S. The molecule has 128 valence electrons. The number of ether oxygens (including phenoxy) is 2. The summed E-state index contributed by atoms with van der Waals surface area (Å²) in [5.41, 5.74) is 1.65. The summed E-state index contributed by atoms with van der Waals surface area (Å²) in [6.45, 7) is 7.69. The molecule has 2 unspecified atom stereocenters. The van der Waals surface area contributed by atoms with Crippen LogP contribution in [0.15, 0.2) is 46.9 Å². The second-order valence-electron chi connectivity index (χ2n) is 5.21. The molecule has 2 rings (SSSR count). The van der Waals surface area contributed by atoms with Crippen molar-refractivity contribution in [1.29, 1.82) is 0 Å². The van der Waals surface area contributed by atoms with Crippen molar-refractivity contribution in [2.24, 2.45) is 15.9 Å². The Morgan fingerprint density at radius 3 is 2.67 bits per heavy atom. The predicted molar refractivity (Wildman–Crippen MR) is 99.1 cm³/mol. The number of carbonyl (C=O) groups is 1. The van der Waals surface area contributed by atoms with Crippen LogP contribution < -0.4 is 4.74 Å². The average molecular weight is 346 g/mol. The molecule has 1 aromatic carbocycles. The molecule has 0 fully saturated rings. The van der Waals surface area contributed by atoms with Crippen molar-refractivity contribution in [3.63, 3.8) is 0 Å². The number of rotatable bonds is 6. The fourth-order valence-corrected chi connectivity index (χ4v) is 3.14. The number of hydrogen-bond donors (Lipinski definition) is 0. The zero-order valence-corrected chi connectivity index (χ0v) is 15.0. The highest BCUT2D eigenvalue weighted by Gasteiger charge is 2.36. The maximum atomic E-state index is 12.4. The van der Waals surface area contributed by atoms with Gasteiger partial charge in [0.25, 0.3) is 0 Å². The van der Waals surface area contributed by atoms with E-state index in [4.69, 9.17) is 9.47 Å². The summed E-state index contributed by atoms with van der Waals surface area (Å²) in [5.74, 6) is 0.676. The minimum absolute atomic E-state index is 0.295. The molecule has 0 saturated carbocycles. The van der Waals surface area contributed by atoms with Crippen LogP contribution in [0.25, 0.3) is 0 Å². The Labute approximate surface area is 146 Å². The number of thioether (sulfide) groups is 1. The number of hydrogen-bond acceptors (Lipinski definition) is 6. The summed E-state index contributed by atoms with van der Waals surface area (Å²) >= 11 is 1.50. The summed E-state index contributed by atoms with van der Waals surface area (Å²) < 4.78 is 10.4. The quantitative estimate of drug-likeness (QED) is 0.582. The summed E-state index contributed by atoms with van der Waals surface area (Å²) in [5, 5.41) is 0.661. The van der Waals surface area contributed by atoms with Gasteiger partial charge in [0.15, 0.2) is 5.17 Å². The molecule has 0 aliphatic carbocycles. The summed E-state index contributed by atoms with van der Waals surface area (Å²) in [6.07, 6.45) is 1.80. The number of nitrogens with zero attached hydrogens (tertiary/aromatic N) is 2. The summed E-state index contributed by atoms with van der Waals surface area (Å²) in [6, 6.07) is 7.23. The van der Waals surface area contributed by atoms with E-state index in [1.54, 1.807) is 20.1 Å². The van der Waals surface area contributed by atoms with Crippen molar-refractivity contribution >= 4 is 28.6 Å². The molecule has 1 heterocycles. The van der Waals surface area contributed by atoms with Crippen LogP contribution in [0.2, 0.25) is 0 Å². The second kappa shape index (κ2) is 8.68. The van der Waals surface area contributed by atoms with Gasteiger partial charge in [-0.1, -0.05) is 30.0 Å². The fraction of sp³-hybridized carbons (Fsp3) is 0.389. The van der Waals surface area contributed by atoms with Gasteiger partial charge in [-0.05, 0) is 31.5 Å². The van der Waals surface area contributed by atoms with Gasteiger partial charge in [0, 0.05) is 11.5 Å². The van der Waals surface area contributed by atoms with Crippen molar-refractivity contribution in [3.05, 3.63) is 42.5 Å². The molecule has 0 N–H and O–H groups in total. The van der Waals surface area contributed by atoms with Crippen LogP contribution in [-0.4, -0.2) is 36.3 Å². The predicted octanol–water partition coefficient (Wildman–Crippen LogP) is 3.67. The first-order valence-electron chi connectivity index (χ1n) is 7.78. The average Bonchev–Trinajstić information content (AvgIpc) is 2.59. The van der Waals surface area contributed by atoms with Crippen LogP contribution in [0.1, 0.15) is 25.5 Å². The molecule has 6 heteroatoms. The van der Waals surface area contributed by atoms with Gasteiger partial charge in [0.05, 0.1) is 19.8 Å². The Morgan fingerprint density at radius 1 is 1.38 bits per heavy atom. The van der Waals surface area contributed by atoms with E-state index in [1.165, 1.54) is 11.8 Å². The molecule has 0 saturated heterocycles. The molecule has 1 aliphatic rings. The van der Waals surface area contributed by atoms with Crippen molar-refractivity contribution < 1.29 is 14.3 Å². The van der Waals surface area contributed by atoms with E-state index >= 15 is 0 Å². The lowest BCUT2D eigenvalue weighted by atomic mass is 9.89. The van der Waals surface area contributed by atoms with E-state index in [2.05, 4.69) is 16.6 Å². The first-order valence-corrected chi connectivity index (χ1v) is 8.76. The fourth-order valence-electron chi connectivity index (χ4n) is 2.47. The Morgan fingerprint density at radius 2 is 2.08 bits per heavy atom. The van der Waals surface area contributed by atoms with Gasteiger partial charge >= 0.3 is 5.97 Å². The third-order valence-corrected chi connectivity index (χ3v) is 4.47. The maximum absolute atomic E-state index is 12.4. The monoisotopic (exact) mass is 346 g/mol. The topological polar surface area (TPSA) is 60.2 Å². The molecule has 0 spiro atoms. The summed E-state index contributed by atoms with van der Waals surface area (Å²) in [7, 11) is 1.62. The van der Waals surface area contributed by atoms with Crippen LogP contribution in [0.4, 0.5) is 0 Å². The van der Waals surface area contributed by atoms with Crippen molar-refractivity contribution in [3.8, 4) is 5.75 Å². The molecule has 0 bridgehead atoms. The lowest BCUT2D eigenvalue weighted by Gasteiger charge is -2.27. The van der Waals surface area contributed by atoms with Crippen LogP contribution in [0.5, 0.6) is 5.75 Å². The largest absolute Gasteiger partial charge is 0.497 e.